The molecule has 0 spiro atoms. The van der Waals surface area contributed by atoms with Crippen molar-refractivity contribution >= 4 is 21.6 Å². The molecule has 2 nitrogen and oxygen atoms in total. The molecule has 0 aliphatic heterocycles. The zero-order chi connectivity index (χ0) is 6.83. The summed E-state index contributed by atoms with van der Waals surface area (Å²) in [6.45, 7) is 0.257. The van der Waals surface area contributed by atoms with Crippen molar-refractivity contribution in [2.24, 2.45) is 0 Å². The van der Waals surface area contributed by atoms with Gasteiger partial charge in [-0.1, -0.05) is 0 Å². The largest absolute Gasteiger partial charge is 0.400 e. The van der Waals surface area contributed by atoms with E-state index in [-0.39, 0.29) is 39.3 Å². The van der Waals surface area contributed by atoms with Crippen LogP contribution in [0.15, 0.2) is 0 Å². The molecule has 0 amide bonds. The monoisotopic (exact) mass is 244 g/mol. The van der Waals surface area contributed by atoms with Crippen LogP contribution in [-0.4, -0.2) is 29.7 Å². The molecule has 55 valence electrons. The Balaban J connectivity index is -0.000000109. The Kier molecular flexibility index (Phi) is 42.7. The summed E-state index contributed by atoms with van der Waals surface area (Å²) in [5.74, 6) is 0.786. The van der Waals surface area contributed by atoms with Crippen LogP contribution in [0.2, 0.25) is 0 Å². The molecule has 9 heavy (non-hydrogen) atoms. The van der Waals surface area contributed by atoms with E-state index in [4.69, 9.17) is 10.2 Å². The van der Waals surface area contributed by atoms with Crippen molar-refractivity contribution in [3.63, 3.8) is 0 Å². The van der Waals surface area contributed by atoms with Crippen LogP contribution in [0.1, 0.15) is 0 Å². The predicted octanol–water partition coefficient (Wildman–Crippen LogP) is 0.758. The van der Waals surface area contributed by atoms with Crippen molar-refractivity contribution in [1.29, 1.82) is 0 Å². The molecule has 0 bridgehead atoms. The molecule has 0 atom stereocenters. The normalized spacial score (nSPS) is 6.67. The molecule has 0 aromatic heterocycles. The molecule has 0 aromatic rings. The van der Waals surface area contributed by atoms with E-state index in [0.717, 1.165) is 12.9 Å². The zero-order valence-electron chi connectivity index (χ0n) is 5.41. The maximum absolute atomic E-state index is 8.14. The summed E-state index contributed by atoms with van der Waals surface area (Å²) in [4.78, 5) is 0. The van der Waals surface area contributed by atoms with Crippen LogP contribution in [-0.2, 0) is 32.7 Å². The Bertz CT molecular complexity index is 28.5. The quantitative estimate of drug-likeness (QED) is 0.437. The zero-order valence-corrected chi connectivity index (χ0v) is 9.88. The average molecular weight is 244 g/mol. The van der Waals surface area contributed by atoms with Gasteiger partial charge in [-0.25, -0.2) is 0 Å². The number of aliphatic hydroxyl groups is 2. The van der Waals surface area contributed by atoms with Crippen molar-refractivity contribution < 1.29 is 42.9 Å². The van der Waals surface area contributed by atoms with Gasteiger partial charge in [-0.2, -0.15) is 0 Å². The molecular formula is C4H11O2S2Y-. The second kappa shape index (κ2) is 22.6. The second-order valence-electron chi connectivity index (χ2n) is 0.663. The average Bonchev–Trinajstić information content (AvgIpc) is 1.88. The first-order valence-corrected chi connectivity index (χ1v) is 4.50. The minimum atomic E-state index is 0. The minimum absolute atomic E-state index is 0. The van der Waals surface area contributed by atoms with Gasteiger partial charge in [0.2, 0.25) is 0 Å². The number of aliphatic hydroxyl groups excluding tert-OH is 2. The molecule has 1 radical (unpaired) electrons. The van der Waals surface area contributed by atoms with Gasteiger partial charge in [0.25, 0.3) is 0 Å². The summed E-state index contributed by atoms with van der Waals surface area (Å²) in [5, 5.41) is 15.1. The molecule has 2 N–H and O–H groups in total. The second-order valence-corrected chi connectivity index (χ2v) is 2.96. The fraction of sp³-hybridized carbons (Fsp3) is 0.750. The predicted molar refractivity (Wildman–Crippen MR) is 40.6 cm³/mol. The molecular weight excluding hydrogens is 233 g/mol. The molecule has 0 saturated heterocycles. The molecule has 0 rings (SSSR count). The van der Waals surface area contributed by atoms with Crippen molar-refractivity contribution in [1.82, 2.24) is 0 Å². The van der Waals surface area contributed by atoms with E-state index in [2.05, 4.69) is 6.26 Å². The van der Waals surface area contributed by atoms with Crippen molar-refractivity contribution in [3.8, 4) is 0 Å². The molecule has 0 heterocycles. The third-order valence-corrected chi connectivity index (χ3v) is 1.77. The summed E-state index contributed by atoms with van der Waals surface area (Å²) in [6, 6.07) is 0. The third kappa shape index (κ3) is 26.0. The van der Waals surface area contributed by atoms with Crippen LogP contribution >= 0.6 is 21.6 Å². The van der Waals surface area contributed by atoms with Gasteiger partial charge in [-0.3, -0.25) is 17.0 Å². The first-order chi connectivity index (χ1) is 3.91. The Hall–Kier alpha value is 1.72. The fourth-order valence-electron chi connectivity index (χ4n) is 0.0962. The van der Waals surface area contributed by atoms with Gasteiger partial charge in [0.15, 0.2) is 0 Å². The van der Waals surface area contributed by atoms with Gasteiger partial charge in [0, 0.05) is 45.6 Å². The van der Waals surface area contributed by atoms with Gasteiger partial charge in [0.1, 0.15) is 0 Å². The topological polar surface area (TPSA) is 40.5 Å². The summed E-state index contributed by atoms with van der Waals surface area (Å²) in [5.41, 5.74) is 0. The SMILES string of the molecule is CO.[CH2-]SSCCO.[Y]. The van der Waals surface area contributed by atoms with E-state index < -0.39 is 0 Å². The summed E-state index contributed by atoms with van der Waals surface area (Å²) in [7, 11) is 4.00. The van der Waals surface area contributed by atoms with Crippen molar-refractivity contribution in [3.05, 3.63) is 6.26 Å². The van der Waals surface area contributed by atoms with Crippen LogP contribution in [0.5, 0.6) is 0 Å². The molecule has 5 heteroatoms. The Morgan fingerprint density at radius 1 is 1.44 bits per heavy atom. The van der Waals surface area contributed by atoms with Crippen molar-refractivity contribution in [2.45, 2.75) is 0 Å². The van der Waals surface area contributed by atoms with E-state index in [1.54, 1.807) is 10.8 Å². The molecule has 0 unspecified atom stereocenters. The van der Waals surface area contributed by atoms with E-state index in [1.165, 1.54) is 10.8 Å². The Morgan fingerprint density at radius 3 is 2.00 bits per heavy atom. The van der Waals surface area contributed by atoms with Gasteiger partial charge in [-0.05, 0) is 0 Å². The summed E-state index contributed by atoms with van der Waals surface area (Å²) < 4.78 is 0. The maximum atomic E-state index is 8.14. The van der Waals surface area contributed by atoms with E-state index in [9.17, 15) is 0 Å². The van der Waals surface area contributed by atoms with Crippen molar-refractivity contribution in [2.75, 3.05) is 19.5 Å². The molecule has 0 aromatic carbocycles. The standard InChI is InChI=1S/C3H7OS2.CH4O.Y/c1-5-6-3-2-4;1-2;/h4H,1-3H2;2H,1H3;/q-1;;. The third-order valence-electron chi connectivity index (χ3n) is 0.258. The van der Waals surface area contributed by atoms with Crippen LogP contribution in [0, 0.1) is 6.26 Å². The molecule has 0 aliphatic rings. The Labute approximate surface area is 89.5 Å². The number of hydrogen-bond donors (Lipinski definition) is 2. The fourth-order valence-corrected chi connectivity index (χ4v) is 0.866. The van der Waals surface area contributed by atoms with Gasteiger partial charge >= 0.3 is 0 Å². The van der Waals surface area contributed by atoms with Gasteiger partial charge < -0.3 is 10.2 Å². The van der Waals surface area contributed by atoms with E-state index in [0.29, 0.717) is 0 Å². The first kappa shape index (κ1) is 17.0. The van der Waals surface area contributed by atoms with Crippen LogP contribution in [0.3, 0.4) is 0 Å². The number of rotatable bonds is 3. The van der Waals surface area contributed by atoms with Crippen LogP contribution in [0.25, 0.3) is 0 Å². The van der Waals surface area contributed by atoms with Crippen LogP contribution < -0.4 is 0 Å². The molecule has 0 saturated carbocycles. The van der Waals surface area contributed by atoms with Gasteiger partial charge in [0.05, 0.1) is 6.61 Å². The molecule has 0 fully saturated rings. The first-order valence-electron chi connectivity index (χ1n) is 2.01. The number of hydrogen-bond acceptors (Lipinski definition) is 4. The smallest absolute Gasteiger partial charge is 0.0529 e. The van der Waals surface area contributed by atoms with E-state index >= 15 is 0 Å². The maximum Gasteiger partial charge on any atom is 0.0529 e. The van der Waals surface area contributed by atoms with Crippen LogP contribution in [0.4, 0.5) is 0 Å². The molecule has 0 aliphatic carbocycles. The summed E-state index contributed by atoms with van der Waals surface area (Å²) in [6.07, 6.45) is 3.49. The summed E-state index contributed by atoms with van der Waals surface area (Å²) >= 11 is 0. The van der Waals surface area contributed by atoms with E-state index in [1.807, 2.05) is 0 Å². The van der Waals surface area contributed by atoms with Gasteiger partial charge in [-0.15, -0.1) is 10.8 Å². The minimum Gasteiger partial charge on any atom is -0.400 e. The Morgan fingerprint density at radius 2 is 1.89 bits per heavy atom.